The third kappa shape index (κ3) is 4.61. The van der Waals surface area contributed by atoms with E-state index >= 15 is 0 Å². The highest BCUT2D eigenvalue weighted by Gasteiger charge is 2.17. The minimum atomic E-state index is -0.345. The SMILES string of the molecule is CCN(/C=C(/C#N)C(=O)NC(C)c1ccc2c(c1)CCCC2)c1ccccc1. The van der Waals surface area contributed by atoms with Crippen LogP contribution in [0.1, 0.15) is 49.4 Å². The number of nitrogens with one attached hydrogen (secondary N) is 1. The molecule has 0 saturated heterocycles. The maximum atomic E-state index is 12.7. The molecule has 2 aromatic rings. The summed E-state index contributed by atoms with van der Waals surface area (Å²) in [4.78, 5) is 14.6. The van der Waals surface area contributed by atoms with E-state index in [-0.39, 0.29) is 17.5 Å². The molecule has 2 aromatic carbocycles. The monoisotopic (exact) mass is 373 g/mol. The van der Waals surface area contributed by atoms with E-state index in [0.717, 1.165) is 24.1 Å². The second kappa shape index (κ2) is 9.23. The molecule has 4 heteroatoms. The molecule has 1 aliphatic carbocycles. The first-order chi connectivity index (χ1) is 13.6. The topological polar surface area (TPSA) is 56.1 Å². The van der Waals surface area contributed by atoms with Crippen molar-refractivity contribution in [2.75, 3.05) is 11.4 Å². The van der Waals surface area contributed by atoms with E-state index < -0.39 is 0 Å². The number of carbonyl (C=O) groups is 1. The number of para-hydroxylation sites is 1. The summed E-state index contributed by atoms with van der Waals surface area (Å²) < 4.78 is 0. The number of carbonyl (C=O) groups excluding carboxylic acids is 1. The maximum absolute atomic E-state index is 12.7. The molecular weight excluding hydrogens is 346 g/mol. The summed E-state index contributed by atoms with van der Waals surface area (Å²) in [5.74, 6) is -0.345. The fraction of sp³-hybridized carbons (Fsp3) is 0.333. The van der Waals surface area contributed by atoms with Gasteiger partial charge in [0, 0.05) is 18.4 Å². The first kappa shape index (κ1) is 19.7. The van der Waals surface area contributed by atoms with Crippen LogP contribution in [0.3, 0.4) is 0 Å². The van der Waals surface area contributed by atoms with Gasteiger partial charge in [-0.25, -0.2) is 0 Å². The Morgan fingerprint density at radius 1 is 1.18 bits per heavy atom. The van der Waals surface area contributed by atoms with Crippen LogP contribution in [-0.2, 0) is 17.6 Å². The van der Waals surface area contributed by atoms with Gasteiger partial charge in [0.05, 0.1) is 6.04 Å². The van der Waals surface area contributed by atoms with Crippen molar-refractivity contribution in [3.8, 4) is 6.07 Å². The number of benzene rings is 2. The van der Waals surface area contributed by atoms with E-state index in [0.29, 0.717) is 6.54 Å². The van der Waals surface area contributed by atoms with Crippen LogP contribution < -0.4 is 10.2 Å². The summed E-state index contributed by atoms with van der Waals surface area (Å²) >= 11 is 0. The molecule has 1 unspecified atom stereocenters. The molecule has 0 aliphatic heterocycles. The van der Waals surface area contributed by atoms with E-state index in [2.05, 4.69) is 29.6 Å². The van der Waals surface area contributed by atoms with Gasteiger partial charge in [0.15, 0.2) is 0 Å². The highest BCUT2D eigenvalue weighted by molar-refractivity contribution is 5.97. The Hall–Kier alpha value is -3.06. The standard InChI is InChI=1S/C24H27N3O/c1-3-27(23-11-5-4-6-12-23)17-22(16-25)24(28)26-18(2)20-14-13-19-9-7-8-10-21(19)15-20/h4-6,11-15,17-18H,3,7-10H2,1-2H3,(H,26,28)/b22-17-. The van der Waals surface area contributed by atoms with E-state index in [1.807, 2.05) is 49.1 Å². The lowest BCUT2D eigenvalue weighted by molar-refractivity contribution is -0.117. The van der Waals surface area contributed by atoms with Gasteiger partial charge in [-0.2, -0.15) is 5.26 Å². The summed E-state index contributed by atoms with van der Waals surface area (Å²) in [5, 5.41) is 12.5. The fourth-order valence-corrected chi connectivity index (χ4v) is 3.64. The number of nitriles is 1. The number of fused-ring (bicyclic) bond motifs is 1. The number of hydrogen-bond donors (Lipinski definition) is 1. The van der Waals surface area contributed by atoms with Crippen LogP contribution in [-0.4, -0.2) is 12.5 Å². The number of nitrogens with zero attached hydrogens (tertiary/aromatic N) is 2. The highest BCUT2D eigenvalue weighted by atomic mass is 16.1. The first-order valence-corrected chi connectivity index (χ1v) is 9.98. The molecule has 1 atom stereocenters. The van der Waals surface area contributed by atoms with Crippen LogP contribution in [0.25, 0.3) is 0 Å². The van der Waals surface area contributed by atoms with Crippen LogP contribution >= 0.6 is 0 Å². The molecule has 0 radical (unpaired) electrons. The minimum Gasteiger partial charge on any atom is -0.347 e. The quantitative estimate of drug-likeness (QED) is 0.591. The van der Waals surface area contributed by atoms with Crippen molar-refractivity contribution in [3.05, 3.63) is 77.0 Å². The molecular formula is C24H27N3O. The van der Waals surface area contributed by atoms with Crippen molar-refractivity contribution in [1.29, 1.82) is 5.26 Å². The predicted molar refractivity (Wildman–Crippen MR) is 113 cm³/mol. The molecule has 0 heterocycles. The van der Waals surface area contributed by atoms with E-state index in [4.69, 9.17) is 0 Å². The largest absolute Gasteiger partial charge is 0.347 e. The average Bonchev–Trinajstić information content (AvgIpc) is 2.74. The van der Waals surface area contributed by atoms with Gasteiger partial charge in [-0.15, -0.1) is 0 Å². The zero-order valence-corrected chi connectivity index (χ0v) is 16.6. The molecule has 1 N–H and O–H groups in total. The molecule has 3 rings (SSSR count). The van der Waals surface area contributed by atoms with E-state index in [1.54, 1.807) is 6.20 Å². The zero-order chi connectivity index (χ0) is 19.9. The zero-order valence-electron chi connectivity index (χ0n) is 16.6. The Morgan fingerprint density at radius 3 is 2.57 bits per heavy atom. The van der Waals surface area contributed by atoms with Crippen molar-refractivity contribution < 1.29 is 4.79 Å². The van der Waals surface area contributed by atoms with Crippen molar-refractivity contribution in [2.24, 2.45) is 0 Å². The number of anilines is 1. The summed E-state index contributed by atoms with van der Waals surface area (Å²) in [5.41, 5.74) is 4.96. The van der Waals surface area contributed by atoms with Gasteiger partial charge < -0.3 is 10.2 Å². The van der Waals surface area contributed by atoms with E-state index in [9.17, 15) is 10.1 Å². The summed E-state index contributed by atoms with van der Waals surface area (Å²) in [6, 6.07) is 18.1. The summed E-state index contributed by atoms with van der Waals surface area (Å²) in [6.45, 7) is 4.63. The predicted octanol–water partition coefficient (Wildman–Crippen LogP) is 4.68. The Bertz CT molecular complexity index is 896. The fourth-order valence-electron chi connectivity index (χ4n) is 3.64. The molecule has 0 aromatic heterocycles. The molecule has 0 spiro atoms. The van der Waals surface area contributed by atoms with Crippen LogP contribution in [0, 0.1) is 11.3 Å². The third-order valence-corrected chi connectivity index (χ3v) is 5.30. The van der Waals surface area contributed by atoms with Gasteiger partial charge in [-0.3, -0.25) is 4.79 Å². The molecule has 1 amide bonds. The first-order valence-electron chi connectivity index (χ1n) is 9.98. The Balaban J connectivity index is 1.73. The van der Waals surface area contributed by atoms with Crippen molar-refractivity contribution >= 4 is 11.6 Å². The van der Waals surface area contributed by atoms with Crippen LogP contribution in [0.4, 0.5) is 5.69 Å². The smallest absolute Gasteiger partial charge is 0.263 e. The third-order valence-electron chi connectivity index (χ3n) is 5.30. The minimum absolute atomic E-state index is 0.107. The Morgan fingerprint density at radius 2 is 1.89 bits per heavy atom. The molecule has 28 heavy (non-hydrogen) atoms. The summed E-state index contributed by atoms with van der Waals surface area (Å²) in [6.07, 6.45) is 6.36. The van der Waals surface area contributed by atoms with Crippen LogP contribution in [0.2, 0.25) is 0 Å². The highest BCUT2D eigenvalue weighted by Crippen LogP contribution is 2.25. The van der Waals surface area contributed by atoms with Gasteiger partial charge in [0.2, 0.25) is 0 Å². The maximum Gasteiger partial charge on any atom is 0.263 e. The Kier molecular flexibility index (Phi) is 6.49. The average molecular weight is 374 g/mol. The van der Waals surface area contributed by atoms with Gasteiger partial charge in [0.25, 0.3) is 5.91 Å². The lowest BCUT2D eigenvalue weighted by Crippen LogP contribution is -2.29. The number of hydrogen-bond acceptors (Lipinski definition) is 3. The lowest BCUT2D eigenvalue weighted by Gasteiger charge is -2.21. The molecule has 0 saturated carbocycles. The lowest BCUT2D eigenvalue weighted by atomic mass is 9.89. The molecule has 0 fully saturated rings. The van der Waals surface area contributed by atoms with Crippen LogP contribution in [0.5, 0.6) is 0 Å². The van der Waals surface area contributed by atoms with Crippen LogP contribution in [0.15, 0.2) is 60.3 Å². The Labute approximate surface area is 167 Å². The van der Waals surface area contributed by atoms with Crippen molar-refractivity contribution in [2.45, 2.75) is 45.6 Å². The van der Waals surface area contributed by atoms with Crippen molar-refractivity contribution in [3.63, 3.8) is 0 Å². The van der Waals surface area contributed by atoms with Gasteiger partial charge in [-0.05, 0) is 68.4 Å². The molecule has 0 bridgehead atoms. The second-order valence-electron chi connectivity index (χ2n) is 7.21. The number of amides is 1. The normalized spacial score (nSPS) is 14.5. The van der Waals surface area contributed by atoms with E-state index in [1.165, 1.54) is 24.0 Å². The number of rotatable bonds is 6. The van der Waals surface area contributed by atoms with Crippen molar-refractivity contribution in [1.82, 2.24) is 5.32 Å². The van der Waals surface area contributed by atoms with Gasteiger partial charge in [0.1, 0.15) is 11.6 Å². The van der Waals surface area contributed by atoms with Gasteiger partial charge in [-0.1, -0.05) is 36.4 Å². The summed E-state index contributed by atoms with van der Waals surface area (Å²) in [7, 11) is 0. The molecule has 4 nitrogen and oxygen atoms in total. The number of aryl methyl sites for hydroxylation is 2. The molecule has 144 valence electrons. The molecule has 1 aliphatic rings. The van der Waals surface area contributed by atoms with Gasteiger partial charge >= 0.3 is 0 Å². The second-order valence-corrected chi connectivity index (χ2v) is 7.21.